The van der Waals surface area contributed by atoms with Crippen molar-refractivity contribution in [2.75, 3.05) is 33.3 Å². The number of carbonyl (C=O) groups is 2. The summed E-state index contributed by atoms with van der Waals surface area (Å²) < 4.78 is 38.3. The third kappa shape index (κ3) is 3.78. The zero-order chi connectivity index (χ0) is 12.3. The number of halogens is 3. The first kappa shape index (κ1) is 12.9. The van der Waals surface area contributed by atoms with Crippen LogP contribution in [0.2, 0.25) is 0 Å². The van der Waals surface area contributed by atoms with Crippen LogP contribution in [0.4, 0.5) is 13.2 Å². The molecule has 0 radical (unpaired) electrons. The number of ether oxygens (including phenoxy) is 1. The molecule has 1 saturated heterocycles. The van der Waals surface area contributed by atoms with E-state index in [4.69, 9.17) is 0 Å². The zero-order valence-electron chi connectivity index (χ0n) is 8.58. The summed E-state index contributed by atoms with van der Waals surface area (Å²) in [4.78, 5) is 25.0. The number of imide groups is 1. The van der Waals surface area contributed by atoms with E-state index in [1.165, 1.54) is 0 Å². The fourth-order valence-corrected chi connectivity index (χ4v) is 1.28. The van der Waals surface area contributed by atoms with Gasteiger partial charge in [-0.15, -0.1) is 13.2 Å². The second-order valence-corrected chi connectivity index (χ2v) is 3.41. The summed E-state index contributed by atoms with van der Waals surface area (Å²) in [5.74, 6) is -1.47. The van der Waals surface area contributed by atoms with Crippen molar-refractivity contribution in [3.63, 3.8) is 0 Å². The van der Waals surface area contributed by atoms with Crippen LogP contribution in [0.1, 0.15) is 0 Å². The maximum absolute atomic E-state index is 11.7. The Morgan fingerprint density at radius 1 is 1.44 bits per heavy atom. The highest BCUT2D eigenvalue weighted by Gasteiger charge is 2.33. The molecule has 0 aromatic carbocycles. The van der Waals surface area contributed by atoms with Gasteiger partial charge in [-0.25, -0.2) is 0 Å². The first-order valence-corrected chi connectivity index (χ1v) is 4.52. The van der Waals surface area contributed by atoms with E-state index in [1.54, 1.807) is 11.9 Å². The lowest BCUT2D eigenvalue weighted by Gasteiger charge is -2.30. The minimum atomic E-state index is -4.86. The van der Waals surface area contributed by atoms with Gasteiger partial charge >= 0.3 is 6.36 Å². The Morgan fingerprint density at radius 3 is 2.56 bits per heavy atom. The van der Waals surface area contributed by atoms with Crippen molar-refractivity contribution in [1.82, 2.24) is 9.80 Å². The Labute approximate surface area is 89.7 Å². The van der Waals surface area contributed by atoms with Crippen LogP contribution in [-0.2, 0) is 14.3 Å². The number of hydrogen-bond acceptors (Lipinski definition) is 4. The van der Waals surface area contributed by atoms with Crippen LogP contribution >= 0.6 is 0 Å². The van der Waals surface area contributed by atoms with E-state index in [2.05, 4.69) is 4.74 Å². The summed E-state index contributed by atoms with van der Waals surface area (Å²) in [7, 11) is 1.69. The molecular weight excluding hydrogens is 229 g/mol. The van der Waals surface area contributed by atoms with Gasteiger partial charge in [0.1, 0.15) is 6.61 Å². The maximum Gasteiger partial charge on any atom is 0.523 e. The molecule has 0 bridgehead atoms. The van der Waals surface area contributed by atoms with Gasteiger partial charge in [-0.3, -0.25) is 24.1 Å². The first-order chi connectivity index (χ1) is 7.29. The molecule has 0 aromatic rings. The molecule has 8 heteroatoms. The number of likely N-dealkylation sites (N-methyl/N-ethyl adjacent to an activating group) is 1. The summed E-state index contributed by atoms with van der Waals surface area (Å²) in [6, 6.07) is 0. The van der Waals surface area contributed by atoms with Crippen molar-refractivity contribution >= 4 is 11.8 Å². The van der Waals surface area contributed by atoms with Gasteiger partial charge in [-0.2, -0.15) is 0 Å². The summed E-state index contributed by atoms with van der Waals surface area (Å²) in [5.41, 5.74) is 0. The normalized spacial score (nSPS) is 19.0. The standard InChI is InChI=1S/C8H11F3N2O3/c1-12-2-3-13(6(14)4-12)7(15)5-16-8(9,10)11/h2-5H2,1H3. The molecule has 0 saturated carbocycles. The quantitative estimate of drug-likeness (QED) is 0.672. The molecular formula is C8H11F3N2O3. The average Bonchev–Trinajstić information content (AvgIpc) is 2.13. The van der Waals surface area contributed by atoms with Gasteiger partial charge < -0.3 is 0 Å². The molecule has 16 heavy (non-hydrogen) atoms. The number of rotatable bonds is 2. The van der Waals surface area contributed by atoms with Gasteiger partial charge in [0.05, 0.1) is 6.54 Å². The minimum absolute atomic E-state index is 0.0256. The van der Waals surface area contributed by atoms with Gasteiger partial charge in [0.15, 0.2) is 0 Å². The second-order valence-electron chi connectivity index (χ2n) is 3.41. The molecule has 0 N–H and O–H groups in total. The number of piperazine rings is 1. The molecule has 0 aromatic heterocycles. The van der Waals surface area contributed by atoms with Gasteiger partial charge in [-0.05, 0) is 7.05 Å². The van der Waals surface area contributed by atoms with Crippen molar-refractivity contribution in [1.29, 1.82) is 0 Å². The van der Waals surface area contributed by atoms with E-state index < -0.39 is 24.8 Å². The van der Waals surface area contributed by atoms with Crippen LogP contribution in [0.25, 0.3) is 0 Å². The highest BCUT2D eigenvalue weighted by molar-refractivity contribution is 5.97. The Hall–Kier alpha value is -1.15. The molecule has 5 nitrogen and oxygen atoms in total. The summed E-state index contributed by atoms with van der Waals surface area (Å²) >= 11 is 0. The van der Waals surface area contributed by atoms with Crippen molar-refractivity contribution in [3.05, 3.63) is 0 Å². The van der Waals surface area contributed by atoms with E-state index in [0.717, 1.165) is 4.90 Å². The SMILES string of the molecule is CN1CCN(C(=O)COC(F)(F)F)C(=O)C1. The Balaban J connectivity index is 2.45. The monoisotopic (exact) mass is 240 g/mol. The molecule has 0 unspecified atom stereocenters. The highest BCUT2D eigenvalue weighted by Crippen LogP contribution is 2.16. The summed E-state index contributed by atoms with van der Waals surface area (Å²) in [6.45, 7) is -0.588. The van der Waals surface area contributed by atoms with E-state index in [0.29, 0.717) is 6.54 Å². The van der Waals surface area contributed by atoms with E-state index >= 15 is 0 Å². The van der Waals surface area contributed by atoms with Crippen LogP contribution in [0.15, 0.2) is 0 Å². The van der Waals surface area contributed by atoms with Crippen molar-refractivity contribution in [2.45, 2.75) is 6.36 Å². The summed E-state index contributed by atoms with van der Waals surface area (Å²) in [6.07, 6.45) is -4.86. The topological polar surface area (TPSA) is 49.9 Å². The molecule has 92 valence electrons. The van der Waals surface area contributed by atoms with Crippen LogP contribution in [0, 0.1) is 0 Å². The predicted molar refractivity (Wildman–Crippen MR) is 46.2 cm³/mol. The number of nitrogens with zero attached hydrogens (tertiary/aromatic N) is 2. The predicted octanol–water partition coefficient (Wildman–Crippen LogP) is -0.177. The summed E-state index contributed by atoms with van der Waals surface area (Å²) in [5, 5.41) is 0. The molecule has 0 spiro atoms. The van der Waals surface area contributed by atoms with Crippen molar-refractivity contribution < 1.29 is 27.5 Å². The van der Waals surface area contributed by atoms with E-state index in [9.17, 15) is 22.8 Å². The van der Waals surface area contributed by atoms with Crippen molar-refractivity contribution in [3.8, 4) is 0 Å². The van der Waals surface area contributed by atoms with E-state index in [1.807, 2.05) is 0 Å². The van der Waals surface area contributed by atoms with Crippen LogP contribution < -0.4 is 0 Å². The largest absolute Gasteiger partial charge is 0.523 e. The number of carbonyl (C=O) groups excluding carboxylic acids is 2. The van der Waals surface area contributed by atoms with Crippen LogP contribution in [0.3, 0.4) is 0 Å². The molecule has 2 amide bonds. The second kappa shape index (κ2) is 4.79. The Morgan fingerprint density at radius 2 is 2.06 bits per heavy atom. The maximum atomic E-state index is 11.7. The van der Waals surface area contributed by atoms with Gasteiger partial charge in [0.2, 0.25) is 5.91 Å². The number of amides is 2. The lowest BCUT2D eigenvalue weighted by atomic mass is 10.3. The molecule has 0 atom stereocenters. The van der Waals surface area contributed by atoms with Gasteiger partial charge in [0.25, 0.3) is 5.91 Å². The molecule has 1 fully saturated rings. The molecule has 1 aliphatic heterocycles. The Kier molecular flexibility index (Phi) is 3.87. The molecule has 1 heterocycles. The Bertz CT molecular complexity index is 293. The number of alkyl halides is 3. The van der Waals surface area contributed by atoms with Crippen molar-refractivity contribution in [2.24, 2.45) is 0 Å². The fourth-order valence-electron chi connectivity index (χ4n) is 1.28. The van der Waals surface area contributed by atoms with Gasteiger partial charge in [-0.1, -0.05) is 0 Å². The van der Waals surface area contributed by atoms with Gasteiger partial charge in [0, 0.05) is 13.1 Å². The zero-order valence-corrected chi connectivity index (χ0v) is 8.58. The first-order valence-electron chi connectivity index (χ1n) is 4.52. The third-order valence-electron chi connectivity index (χ3n) is 2.07. The van der Waals surface area contributed by atoms with Crippen LogP contribution in [-0.4, -0.2) is 61.3 Å². The highest BCUT2D eigenvalue weighted by atomic mass is 19.4. The van der Waals surface area contributed by atoms with Crippen LogP contribution in [0.5, 0.6) is 0 Å². The minimum Gasteiger partial charge on any atom is -0.296 e. The lowest BCUT2D eigenvalue weighted by molar-refractivity contribution is -0.321. The van der Waals surface area contributed by atoms with E-state index in [-0.39, 0.29) is 13.1 Å². The third-order valence-corrected chi connectivity index (χ3v) is 2.07. The fraction of sp³-hybridized carbons (Fsp3) is 0.750. The molecule has 0 aliphatic carbocycles. The molecule has 1 rings (SSSR count). The lowest BCUT2D eigenvalue weighted by Crippen LogP contribution is -2.52. The smallest absolute Gasteiger partial charge is 0.296 e. The average molecular weight is 240 g/mol. The molecule has 1 aliphatic rings. The number of hydrogen-bond donors (Lipinski definition) is 0.